The van der Waals surface area contributed by atoms with Crippen LogP contribution in [0.5, 0.6) is 0 Å². The molecule has 0 aliphatic heterocycles. The summed E-state index contributed by atoms with van der Waals surface area (Å²) in [7, 11) is 0. The van der Waals surface area contributed by atoms with Crippen molar-refractivity contribution in [1.29, 1.82) is 0 Å². The van der Waals surface area contributed by atoms with Crippen LogP contribution >= 0.6 is 0 Å². The number of carbonyl (C=O) groups excluding carboxylic acids is 2. The molecule has 2 unspecified atom stereocenters. The molecule has 0 bridgehead atoms. The molecular formula is C23H29N5O5. The van der Waals surface area contributed by atoms with Gasteiger partial charge in [-0.25, -0.2) is 9.59 Å². The number of benzene rings is 2. The quantitative estimate of drug-likeness (QED) is 0.182. The van der Waals surface area contributed by atoms with E-state index in [0.717, 1.165) is 11.1 Å². The van der Waals surface area contributed by atoms with Gasteiger partial charge in [0.2, 0.25) is 5.91 Å². The van der Waals surface area contributed by atoms with Gasteiger partial charge in [-0.05, 0) is 24.0 Å². The van der Waals surface area contributed by atoms with Gasteiger partial charge in [0.05, 0.1) is 0 Å². The normalized spacial score (nSPS) is 12.1. The smallest absolute Gasteiger partial charge is 0.408 e. The van der Waals surface area contributed by atoms with Crippen LogP contribution < -0.4 is 22.1 Å². The van der Waals surface area contributed by atoms with Crippen LogP contribution in [0.15, 0.2) is 65.7 Å². The Morgan fingerprint density at radius 3 is 2.09 bits per heavy atom. The lowest BCUT2D eigenvalue weighted by Gasteiger charge is -2.21. The molecule has 33 heavy (non-hydrogen) atoms. The highest BCUT2D eigenvalue weighted by atomic mass is 16.5. The van der Waals surface area contributed by atoms with Crippen LogP contribution in [0.2, 0.25) is 0 Å². The topological polar surface area (TPSA) is 169 Å². The lowest BCUT2D eigenvalue weighted by molar-refractivity contribution is -0.142. The van der Waals surface area contributed by atoms with E-state index < -0.39 is 30.1 Å². The zero-order chi connectivity index (χ0) is 24.1. The Kier molecular flexibility index (Phi) is 10.2. The highest BCUT2D eigenvalue weighted by Crippen LogP contribution is 2.07. The van der Waals surface area contributed by atoms with Crippen molar-refractivity contribution in [3.63, 3.8) is 0 Å². The maximum absolute atomic E-state index is 12.9. The number of amides is 2. The summed E-state index contributed by atoms with van der Waals surface area (Å²) in [5, 5.41) is 14.5. The molecule has 0 saturated heterocycles. The third-order valence-corrected chi connectivity index (χ3v) is 4.66. The highest BCUT2D eigenvalue weighted by molar-refractivity contribution is 5.89. The Morgan fingerprint density at radius 2 is 1.52 bits per heavy atom. The van der Waals surface area contributed by atoms with Gasteiger partial charge in [-0.2, -0.15) is 0 Å². The second-order valence-corrected chi connectivity index (χ2v) is 7.30. The number of nitrogens with one attached hydrogen (secondary N) is 2. The van der Waals surface area contributed by atoms with E-state index >= 15 is 0 Å². The minimum atomic E-state index is -1.20. The third kappa shape index (κ3) is 9.72. The number of carboxylic acids is 1. The average Bonchev–Trinajstić information content (AvgIpc) is 2.80. The van der Waals surface area contributed by atoms with Crippen molar-refractivity contribution in [1.82, 2.24) is 10.6 Å². The number of carboxylic acid groups (broad SMARTS) is 1. The standard InChI is InChI=1S/C23H29N5O5/c24-22(25)26-13-7-12-18(21(30)31)27-20(29)19(14-16-8-3-1-4-9-16)28-23(32)33-15-17-10-5-2-6-11-17/h1-6,8-11,18-19H,7,12-15H2,(H,27,29)(H,28,32)(H,30,31)(H4,24,25,26). The zero-order valence-electron chi connectivity index (χ0n) is 18.1. The first-order valence-electron chi connectivity index (χ1n) is 10.4. The number of nitrogens with zero attached hydrogens (tertiary/aromatic N) is 1. The molecule has 0 heterocycles. The number of aliphatic carboxylic acids is 1. The molecule has 10 nitrogen and oxygen atoms in total. The van der Waals surface area contributed by atoms with Gasteiger partial charge < -0.3 is 31.9 Å². The summed E-state index contributed by atoms with van der Waals surface area (Å²) in [5.41, 5.74) is 12.1. The van der Waals surface area contributed by atoms with E-state index in [-0.39, 0.29) is 32.0 Å². The molecule has 0 spiro atoms. The van der Waals surface area contributed by atoms with Crippen molar-refractivity contribution in [2.45, 2.75) is 38.0 Å². The van der Waals surface area contributed by atoms with Gasteiger partial charge in [0, 0.05) is 13.0 Å². The van der Waals surface area contributed by atoms with Gasteiger partial charge in [-0.1, -0.05) is 60.7 Å². The molecule has 2 aromatic carbocycles. The van der Waals surface area contributed by atoms with Crippen LogP contribution in [0, 0.1) is 0 Å². The minimum absolute atomic E-state index is 0.0366. The Bertz CT molecular complexity index is 933. The van der Waals surface area contributed by atoms with E-state index in [9.17, 15) is 19.5 Å². The van der Waals surface area contributed by atoms with Crippen LogP contribution in [-0.4, -0.2) is 47.7 Å². The van der Waals surface area contributed by atoms with Gasteiger partial charge in [0.1, 0.15) is 18.7 Å². The van der Waals surface area contributed by atoms with Crippen molar-refractivity contribution in [3.05, 3.63) is 71.8 Å². The van der Waals surface area contributed by atoms with Crippen molar-refractivity contribution >= 4 is 23.9 Å². The number of ether oxygens (including phenoxy) is 1. The molecule has 2 rings (SSSR count). The Labute approximate surface area is 192 Å². The number of hydrogen-bond donors (Lipinski definition) is 5. The monoisotopic (exact) mass is 455 g/mol. The van der Waals surface area contributed by atoms with E-state index in [4.69, 9.17) is 16.2 Å². The van der Waals surface area contributed by atoms with Gasteiger partial charge in [0.15, 0.2) is 5.96 Å². The molecule has 176 valence electrons. The second-order valence-electron chi connectivity index (χ2n) is 7.30. The fourth-order valence-corrected chi connectivity index (χ4v) is 3.00. The highest BCUT2D eigenvalue weighted by Gasteiger charge is 2.27. The van der Waals surface area contributed by atoms with Crippen LogP contribution in [-0.2, 0) is 27.4 Å². The number of aliphatic imine (C=N–C) groups is 1. The van der Waals surface area contributed by atoms with Crippen molar-refractivity contribution in [2.24, 2.45) is 16.5 Å². The molecule has 7 N–H and O–H groups in total. The summed E-state index contributed by atoms with van der Waals surface area (Å²) in [4.78, 5) is 40.7. The average molecular weight is 456 g/mol. The van der Waals surface area contributed by atoms with Crippen LogP contribution in [0.1, 0.15) is 24.0 Å². The Hall–Kier alpha value is -4.08. The summed E-state index contributed by atoms with van der Waals surface area (Å²) in [6, 6.07) is 16.0. The summed E-state index contributed by atoms with van der Waals surface area (Å²) in [6.45, 7) is 0.272. The number of nitrogens with two attached hydrogens (primary N) is 2. The largest absolute Gasteiger partial charge is 0.480 e. The molecule has 0 radical (unpaired) electrons. The Balaban J connectivity index is 2.02. The summed E-state index contributed by atoms with van der Waals surface area (Å²) < 4.78 is 5.22. The van der Waals surface area contributed by atoms with Crippen LogP contribution in [0.4, 0.5) is 4.79 Å². The predicted molar refractivity (Wildman–Crippen MR) is 123 cm³/mol. The molecule has 0 saturated carbocycles. The maximum atomic E-state index is 12.9. The predicted octanol–water partition coefficient (Wildman–Crippen LogP) is 1.15. The molecule has 0 aromatic heterocycles. The molecule has 0 fully saturated rings. The molecule has 2 aromatic rings. The molecule has 10 heteroatoms. The van der Waals surface area contributed by atoms with E-state index in [2.05, 4.69) is 15.6 Å². The maximum Gasteiger partial charge on any atom is 0.408 e. The minimum Gasteiger partial charge on any atom is -0.480 e. The molecule has 2 atom stereocenters. The lowest BCUT2D eigenvalue weighted by Crippen LogP contribution is -2.52. The lowest BCUT2D eigenvalue weighted by atomic mass is 10.0. The van der Waals surface area contributed by atoms with Crippen LogP contribution in [0.25, 0.3) is 0 Å². The fourth-order valence-electron chi connectivity index (χ4n) is 3.00. The van der Waals surface area contributed by atoms with Gasteiger partial charge in [-0.3, -0.25) is 9.79 Å². The number of alkyl carbamates (subject to hydrolysis) is 1. The molecular weight excluding hydrogens is 426 g/mol. The van der Waals surface area contributed by atoms with Crippen LogP contribution in [0.3, 0.4) is 0 Å². The van der Waals surface area contributed by atoms with Crippen molar-refractivity contribution in [2.75, 3.05) is 6.54 Å². The van der Waals surface area contributed by atoms with E-state index in [0.29, 0.717) is 6.42 Å². The third-order valence-electron chi connectivity index (χ3n) is 4.66. The summed E-state index contributed by atoms with van der Waals surface area (Å²) >= 11 is 0. The number of carbonyl (C=O) groups is 3. The first-order chi connectivity index (χ1) is 15.8. The summed E-state index contributed by atoms with van der Waals surface area (Å²) in [5.74, 6) is -1.92. The molecule has 0 aliphatic carbocycles. The number of rotatable bonds is 12. The summed E-state index contributed by atoms with van der Waals surface area (Å²) in [6.07, 6.45) is -0.151. The van der Waals surface area contributed by atoms with E-state index in [1.807, 2.05) is 36.4 Å². The number of guanidine groups is 1. The second kappa shape index (κ2) is 13.4. The van der Waals surface area contributed by atoms with E-state index in [1.165, 1.54) is 0 Å². The first kappa shape index (κ1) is 25.2. The van der Waals surface area contributed by atoms with Gasteiger partial charge >= 0.3 is 12.1 Å². The first-order valence-corrected chi connectivity index (χ1v) is 10.4. The SMILES string of the molecule is NC(N)=NCCCC(NC(=O)C(Cc1ccccc1)NC(=O)OCc1ccccc1)C(=O)O. The fraction of sp³-hybridized carbons (Fsp3) is 0.304. The van der Waals surface area contributed by atoms with Gasteiger partial charge in [-0.15, -0.1) is 0 Å². The molecule has 2 amide bonds. The van der Waals surface area contributed by atoms with E-state index in [1.54, 1.807) is 24.3 Å². The number of hydrogen-bond acceptors (Lipinski definition) is 5. The van der Waals surface area contributed by atoms with Crippen molar-refractivity contribution < 1.29 is 24.2 Å². The van der Waals surface area contributed by atoms with Crippen molar-refractivity contribution in [3.8, 4) is 0 Å². The molecule has 0 aliphatic rings. The van der Waals surface area contributed by atoms with Gasteiger partial charge in [0.25, 0.3) is 0 Å². The Morgan fingerprint density at radius 1 is 0.909 bits per heavy atom. The zero-order valence-corrected chi connectivity index (χ0v) is 18.1.